The predicted molar refractivity (Wildman–Crippen MR) is 153 cm³/mol. The fourth-order valence-corrected chi connectivity index (χ4v) is 5.53. The van der Waals surface area contributed by atoms with Crippen molar-refractivity contribution in [3.05, 3.63) is 95.8 Å². The number of amides is 1. The minimum absolute atomic E-state index is 0.0917. The number of rotatable bonds is 11. The standard InChI is InChI=1S/C33H39FN2O3/c1-3-39-31(37)24-33(2,26-10-5-4-6-11-26)20-9-21-36-22-18-28(19-23-36)35-32(38)30-13-8-7-12-29(30)25-14-16-27(34)17-15-25/h4-8,10-17,28H,3,9,18-24H2,1-2H3,(H,35,38). The Morgan fingerprint density at radius 2 is 1.64 bits per heavy atom. The van der Waals surface area contributed by atoms with Crippen molar-refractivity contribution >= 4 is 11.9 Å². The molecule has 5 nitrogen and oxygen atoms in total. The Hall–Kier alpha value is -3.51. The van der Waals surface area contributed by atoms with E-state index in [9.17, 15) is 14.0 Å². The number of nitrogens with one attached hydrogen (secondary N) is 1. The Labute approximate surface area is 231 Å². The summed E-state index contributed by atoms with van der Waals surface area (Å²) in [5.74, 6) is -0.538. The van der Waals surface area contributed by atoms with Gasteiger partial charge in [-0.25, -0.2) is 4.39 Å². The number of ether oxygens (including phenoxy) is 1. The molecule has 4 rings (SSSR count). The van der Waals surface area contributed by atoms with Gasteiger partial charge in [-0.1, -0.05) is 67.6 Å². The third-order valence-corrected chi connectivity index (χ3v) is 7.76. The van der Waals surface area contributed by atoms with Crippen LogP contribution in [0.1, 0.15) is 61.9 Å². The van der Waals surface area contributed by atoms with Crippen LogP contribution >= 0.6 is 0 Å². The van der Waals surface area contributed by atoms with Crippen molar-refractivity contribution in [2.75, 3.05) is 26.2 Å². The van der Waals surface area contributed by atoms with Gasteiger partial charge in [0.25, 0.3) is 5.91 Å². The second-order valence-electron chi connectivity index (χ2n) is 10.7. The minimum atomic E-state index is -0.295. The van der Waals surface area contributed by atoms with E-state index < -0.39 is 0 Å². The molecule has 206 valence electrons. The highest BCUT2D eigenvalue weighted by Gasteiger charge is 2.30. The van der Waals surface area contributed by atoms with Crippen LogP contribution in [0.2, 0.25) is 0 Å². The fraction of sp³-hybridized carbons (Fsp3) is 0.394. The third kappa shape index (κ3) is 7.76. The lowest BCUT2D eigenvalue weighted by molar-refractivity contribution is -0.144. The summed E-state index contributed by atoms with van der Waals surface area (Å²) in [5.41, 5.74) is 3.13. The van der Waals surface area contributed by atoms with Gasteiger partial charge in [0.2, 0.25) is 0 Å². The molecule has 3 aromatic rings. The molecule has 0 radical (unpaired) electrons. The summed E-state index contributed by atoms with van der Waals surface area (Å²) in [5, 5.41) is 3.22. The maximum Gasteiger partial charge on any atom is 0.306 e. The van der Waals surface area contributed by atoms with Crippen LogP contribution in [0.25, 0.3) is 11.1 Å². The average molecular weight is 531 g/mol. The molecule has 6 heteroatoms. The van der Waals surface area contributed by atoms with E-state index in [-0.39, 0.29) is 29.2 Å². The molecule has 0 bridgehead atoms. The number of nitrogens with zero attached hydrogens (tertiary/aromatic N) is 1. The maximum absolute atomic E-state index is 13.4. The molecular weight excluding hydrogens is 491 g/mol. The zero-order valence-electron chi connectivity index (χ0n) is 23.0. The number of likely N-dealkylation sites (tertiary alicyclic amines) is 1. The zero-order valence-corrected chi connectivity index (χ0v) is 23.0. The molecule has 0 aromatic heterocycles. The van der Waals surface area contributed by atoms with Gasteiger partial charge < -0.3 is 15.0 Å². The van der Waals surface area contributed by atoms with Crippen molar-refractivity contribution < 1.29 is 18.7 Å². The quantitative estimate of drug-likeness (QED) is 0.292. The summed E-state index contributed by atoms with van der Waals surface area (Å²) in [6, 6.07) is 24.1. The summed E-state index contributed by atoms with van der Waals surface area (Å²) in [6.07, 6.45) is 4.03. The molecule has 39 heavy (non-hydrogen) atoms. The number of piperidine rings is 1. The van der Waals surface area contributed by atoms with Crippen LogP contribution < -0.4 is 5.32 Å². The fourth-order valence-electron chi connectivity index (χ4n) is 5.53. The number of hydrogen-bond acceptors (Lipinski definition) is 4. The highest BCUT2D eigenvalue weighted by atomic mass is 19.1. The summed E-state index contributed by atoms with van der Waals surface area (Å²) in [7, 11) is 0. The molecular formula is C33H39FN2O3. The first-order valence-electron chi connectivity index (χ1n) is 14.0. The molecule has 1 unspecified atom stereocenters. The molecule has 1 atom stereocenters. The van der Waals surface area contributed by atoms with E-state index in [4.69, 9.17) is 4.74 Å². The van der Waals surface area contributed by atoms with Gasteiger partial charge in [0.15, 0.2) is 0 Å². The Bertz CT molecular complexity index is 1220. The maximum atomic E-state index is 13.4. The molecule has 0 spiro atoms. The van der Waals surface area contributed by atoms with E-state index in [0.717, 1.165) is 56.4 Å². The lowest BCUT2D eigenvalue weighted by Crippen LogP contribution is -2.45. The van der Waals surface area contributed by atoms with Gasteiger partial charge in [-0.3, -0.25) is 9.59 Å². The van der Waals surface area contributed by atoms with Gasteiger partial charge in [0.1, 0.15) is 5.82 Å². The van der Waals surface area contributed by atoms with Gasteiger partial charge in [-0.15, -0.1) is 0 Å². The van der Waals surface area contributed by atoms with Crippen LogP contribution in [0.3, 0.4) is 0 Å². The van der Waals surface area contributed by atoms with E-state index in [0.29, 0.717) is 18.6 Å². The molecule has 1 amide bonds. The van der Waals surface area contributed by atoms with Crippen LogP contribution in [0, 0.1) is 5.82 Å². The number of halogens is 1. The van der Waals surface area contributed by atoms with Gasteiger partial charge in [0.05, 0.1) is 13.0 Å². The van der Waals surface area contributed by atoms with Crippen molar-refractivity contribution in [2.45, 2.75) is 57.4 Å². The Morgan fingerprint density at radius 3 is 2.33 bits per heavy atom. The minimum Gasteiger partial charge on any atom is -0.466 e. The predicted octanol–water partition coefficient (Wildman–Crippen LogP) is 6.38. The summed E-state index contributed by atoms with van der Waals surface area (Å²) in [6.45, 7) is 7.19. The molecule has 1 aliphatic heterocycles. The van der Waals surface area contributed by atoms with Crippen LogP contribution in [0.5, 0.6) is 0 Å². The SMILES string of the molecule is CCOC(=O)CC(C)(CCCN1CCC(NC(=O)c2ccccc2-c2ccc(F)cc2)CC1)c1ccccc1. The van der Waals surface area contributed by atoms with Crippen molar-refractivity contribution in [2.24, 2.45) is 0 Å². The van der Waals surface area contributed by atoms with E-state index in [1.54, 1.807) is 12.1 Å². The van der Waals surface area contributed by atoms with Crippen LogP contribution in [0.15, 0.2) is 78.9 Å². The Morgan fingerprint density at radius 1 is 0.974 bits per heavy atom. The first-order chi connectivity index (χ1) is 18.9. The molecule has 1 heterocycles. The van der Waals surface area contributed by atoms with E-state index in [2.05, 4.69) is 29.3 Å². The average Bonchev–Trinajstić information content (AvgIpc) is 2.95. The zero-order chi connectivity index (χ0) is 27.7. The number of esters is 1. The summed E-state index contributed by atoms with van der Waals surface area (Å²) in [4.78, 5) is 28.0. The molecule has 1 aliphatic rings. The molecule has 0 saturated carbocycles. The third-order valence-electron chi connectivity index (χ3n) is 7.76. The van der Waals surface area contributed by atoms with Gasteiger partial charge in [-0.2, -0.15) is 0 Å². The van der Waals surface area contributed by atoms with Crippen LogP contribution in [0.4, 0.5) is 4.39 Å². The van der Waals surface area contributed by atoms with E-state index in [1.165, 1.54) is 17.7 Å². The molecule has 3 aromatic carbocycles. The van der Waals surface area contributed by atoms with Gasteiger partial charge in [-0.05, 0) is 74.0 Å². The first kappa shape index (κ1) is 28.5. The van der Waals surface area contributed by atoms with E-state index in [1.807, 2.05) is 49.4 Å². The smallest absolute Gasteiger partial charge is 0.306 e. The molecule has 1 N–H and O–H groups in total. The van der Waals surface area contributed by atoms with Gasteiger partial charge in [0, 0.05) is 30.1 Å². The summed E-state index contributed by atoms with van der Waals surface area (Å²) >= 11 is 0. The molecule has 0 aliphatic carbocycles. The van der Waals surface area contributed by atoms with E-state index >= 15 is 0 Å². The van der Waals surface area contributed by atoms with Crippen molar-refractivity contribution in [3.63, 3.8) is 0 Å². The largest absolute Gasteiger partial charge is 0.466 e. The lowest BCUT2D eigenvalue weighted by atomic mass is 9.76. The number of carbonyl (C=O) groups excluding carboxylic acids is 2. The van der Waals surface area contributed by atoms with Gasteiger partial charge >= 0.3 is 5.97 Å². The Kier molecular flexibility index (Phi) is 9.88. The molecule has 1 saturated heterocycles. The normalized spacial score (nSPS) is 15.9. The van der Waals surface area contributed by atoms with Crippen molar-refractivity contribution in [1.82, 2.24) is 10.2 Å². The second kappa shape index (κ2) is 13.5. The monoisotopic (exact) mass is 530 g/mol. The van der Waals surface area contributed by atoms with Crippen LogP contribution in [-0.4, -0.2) is 49.1 Å². The van der Waals surface area contributed by atoms with Crippen LogP contribution in [-0.2, 0) is 14.9 Å². The highest BCUT2D eigenvalue weighted by molar-refractivity contribution is 6.01. The first-order valence-corrected chi connectivity index (χ1v) is 14.0. The Balaban J connectivity index is 1.28. The van der Waals surface area contributed by atoms with Crippen molar-refractivity contribution in [1.29, 1.82) is 0 Å². The van der Waals surface area contributed by atoms with Crippen molar-refractivity contribution in [3.8, 4) is 11.1 Å². The second-order valence-corrected chi connectivity index (χ2v) is 10.7. The highest BCUT2D eigenvalue weighted by Crippen LogP contribution is 2.33. The topological polar surface area (TPSA) is 58.6 Å². The molecule has 1 fully saturated rings. The summed E-state index contributed by atoms with van der Waals surface area (Å²) < 4.78 is 18.7. The number of hydrogen-bond donors (Lipinski definition) is 1. The number of carbonyl (C=O) groups is 2. The lowest BCUT2D eigenvalue weighted by Gasteiger charge is -2.34. The number of benzene rings is 3.